The highest BCUT2D eigenvalue weighted by atomic mass is 79.9. The van der Waals surface area contributed by atoms with E-state index in [9.17, 15) is 0 Å². The van der Waals surface area contributed by atoms with E-state index < -0.39 is 0 Å². The summed E-state index contributed by atoms with van der Waals surface area (Å²) in [7, 11) is 0. The van der Waals surface area contributed by atoms with Crippen molar-refractivity contribution < 1.29 is 0 Å². The van der Waals surface area contributed by atoms with E-state index in [-0.39, 0.29) is 6.04 Å². The molecule has 2 nitrogen and oxygen atoms in total. The zero-order chi connectivity index (χ0) is 12.3. The number of hydrogen-bond acceptors (Lipinski definition) is 2. The van der Waals surface area contributed by atoms with Gasteiger partial charge in [-0.15, -0.1) is 12.3 Å². The van der Waals surface area contributed by atoms with Gasteiger partial charge < -0.3 is 5.32 Å². The summed E-state index contributed by atoms with van der Waals surface area (Å²) in [5.74, 6) is 3.53. The van der Waals surface area contributed by atoms with Crippen LogP contribution in [0.15, 0.2) is 34.9 Å². The predicted octanol–water partition coefficient (Wildman–Crippen LogP) is 3.82. The summed E-state index contributed by atoms with van der Waals surface area (Å²) in [6, 6.07) is 8.30. The highest BCUT2D eigenvalue weighted by molar-refractivity contribution is 9.10. The molecule has 0 saturated heterocycles. The third kappa shape index (κ3) is 2.59. The maximum Gasteiger partial charge on any atom is 0.134 e. The van der Waals surface area contributed by atoms with Crippen molar-refractivity contribution in [1.82, 2.24) is 4.98 Å². The number of aromatic nitrogens is 1. The van der Waals surface area contributed by atoms with Crippen LogP contribution in [0.4, 0.5) is 5.82 Å². The summed E-state index contributed by atoms with van der Waals surface area (Å²) >= 11 is 3.54. The van der Waals surface area contributed by atoms with Crippen molar-refractivity contribution in [2.75, 3.05) is 5.32 Å². The van der Waals surface area contributed by atoms with E-state index in [0.29, 0.717) is 6.42 Å². The molecule has 0 bridgehead atoms. The molecule has 1 atom stereocenters. The molecule has 0 aliphatic carbocycles. The topological polar surface area (TPSA) is 24.9 Å². The molecule has 2 rings (SSSR count). The number of rotatable bonds is 3. The molecule has 3 heteroatoms. The summed E-state index contributed by atoms with van der Waals surface area (Å²) in [5, 5.41) is 5.59. The molecular weight excluding hydrogens is 276 g/mol. The second-order valence-electron chi connectivity index (χ2n) is 3.95. The molecule has 1 heterocycles. The molecular formula is C14H13BrN2. The molecule has 0 radical (unpaired) electrons. The second-order valence-corrected chi connectivity index (χ2v) is 4.80. The number of terminal acetylenes is 1. The van der Waals surface area contributed by atoms with Gasteiger partial charge in [-0.05, 0) is 19.1 Å². The zero-order valence-corrected chi connectivity index (χ0v) is 11.2. The lowest BCUT2D eigenvalue weighted by atomic mass is 10.1. The van der Waals surface area contributed by atoms with Gasteiger partial charge in [-0.2, -0.15) is 0 Å². The van der Waals surface area contributed by atoms with Gasteiger partial charge in [-0.3, -0.25) is 0 Å². The van der Waals surface area contributed by atoms with E-state index in [0.717, 1.165) is 21.1 Å². The second kappa shape index (κ2) is 5.20. The lowest BCUT2D eigenvalue weighted by molar-refractivity contribution is 0.824. The van der Waals surface area contributed by atoms with Crippen LogP contribution >= 0.6 is 15.9 Å². The van der Waals surface area contributed by atoms with Crippen LogP contribution in [0, 0.1) is 12.3 Å². The number of benzene rings is 1. The van der Waals surface area contributed by atoms with E-state index in [1.165, 1.54) is 0 Å². The SMILES string of the molecule is C#CCC(C)Nc1nccc2c(Br)cccc12. The molecule has 1 aromatic heterocycles. The Morgan fingerprint density at radius 3 is 3.00 bits per heavy atom. The molecule has 0 spiro atoms. The van der Waals surface area contributed by atoms with Gasteiger partial charge in [0.25, 0.3) is 0 Å². The molecule has 17 heavy (non-hydrogen) atoms. The van der Waals surface area contributed by atoms with Crippen molar-refractivity contribution >= 4 is 32.5 Å². The van der Waals surface area contributed by atoms with E-state index >= 15 is 0 Å². The fraction of sp³-hybridized carbons (Fsp3) is 0.214. The van der Waals surface area contributed by atoms with Gasteiger partial charge in [0.2, 0.25) is 0 Å². The van der Waals surface area contributed by atoms with Gasteiger partial charge in [0, 0.05) is 33.9 Å². The van der Waals surface area contributed by atoms with E-state index in [1.807, 2.05) is 18.2 Å². The van der Waals surface area contributed by atoms with E-state index in [4.69, 9.17) is 6.42 Å². The Bertz CT molecular complexity index is 572. The summed E-state index contributed by atoms with van der Waals surface area (Å²) in [4.78, 5) is 4.37. The lowest BCUT2D eigenvalue weighted by Crippen LogP contribution is -2.15. The maximum absolute atomic E-state index is 5.30. The van der Waals surface area contributed by atoms with Crippen molar-refractivity contribution in [2.45, 2.75) is 19.4 Å². The minimum Gasteiger partial charge on any atom is -0.366 e. The molecule has 0 fully saturated rings. The Labute approximate surface area is 110 Å². The third-order valence-corrected chi connectivity index (χ3v) is 3.25. The van der Waals surface area contributed by atoms with Crippen molar-refractivity contribution in [1.29, 1.82) is 0 Å². The van der Waals surface area contributed by atoms with Crippen LogP contribution in [0.1, 0.15) is 13.3 Å². The fourth-order valence-electron chi connectivity index (χ4n) is 1.75. The third-order valence-electron chi connectivity index (χ3n) is 2.56. The standard InChI is InChI=1S/C14H13BrN2/c1-3-5-10(2)17-14-12-6-4-7-13(15)11(12)8-9-16-14/h1,4,6-10H,5H2,2H3,(H,16,17). The summed E-state index contributed by atoms with van der Waals surface area (Å²) in [6.45, 7) is 2.05. The molecule has 0 aliphatic heterocycles. The summed E-state index contributed by atoms with van der Waals surface area (Å²) in [5.41, 5.74) is 0. The number of nitrogens with one attached hydrogen (secondary N) is 1. The molecule has 1 unspecified atom stereocenters. The molecule has 0 aliphatic rings. The van der Waals surface area contributed by atoms with Crippen LogP contribution < -0.4 is 5.32 Å². The quantitative estimate of drug-likeness (QED) is 0.869. The number of hydrogen-bond donors (Lipinski definition) is 1. The van der Waals surface area contributed by atoms with Crippen LogP contribution in [0.2, 0.25) is 0 Å². The number of anilines is 1. The average Bonchev–Trinajstić information content (AvgIpc) is 2.31. The summed E-state index contributed by atoms with van der Waals surface area (Å²) < 4.78 is 1.07. The van der Waals surface area contributed by atoms with Crippen molar-refractivity contribution in [3.05, 3.63) is 34.9 Å². The fourth-order valence-corrected chi connectivity index (χ4v) is 2.24. The van der Waals surface area contributed by atoms with Gasteiger partial charge in [0.1, 0.15) is 5.82 Å². The van der Waals surface area contributed by atoms with Crippen molar-refractivity contribution in [2.24, 2.45) is 0 Å². The molecule has 0 saturated carbocycles. The van der Waals surface area contributed by atoms with Crippen molar-refractivity contribution in [3.8, 4) is 12.3 Å². The Morgan fingerprint density at radius 1 is 1.41 bits per heavy atom. The van der Waals surface area contributed by atoms with Crippen LogP contribution in [-0.2, 0) is 0 Å². The normalized spacial score (nSPS) is 12.1. The first-order chi connectivity index (χ1) is 8.22. The van der Waals surface area contributed by atoms with Crippen LogP contribution in [0.3, 0.4) is 0 Å². The zero-order valence-electron chi connectivity index (χ0n) is 9.57. The van der Waals surface area contributed by atoms with Crippen LogP contribution in [0.25, 0.3) is 10.8 Å². The highest BCUT2D eigenvalue weighted by Crippen LogP contribution is 2.27. The number of nitrogens with zero attached hydrogens (tertiary/aromatic N) is 1. The molecule has 2 aromatic rings. The molecule has 86 valence electrons. The molecule has 0 amide bonds. The first-order valence-corrected chi connectivity index (χ1v) is 6.25. The first-order valence-electron chi connectivity index (χ1n) is 5.45. The Morgan fingerprint density at radius 2 is 2.24 bits per heavy atom. The van der Waals surface area contributed by atoms with E-state index in [2.05, 4.69) is 45.1 Å². The Balaban J connectivity index is 2.42. The smallest absolute Gasteiger partial charge is 0.134 e. The average molecular weight is 289 g/mol. The van der Waals surface area contributed by atoms with Gasteiger partial charge in [0.05, 0.1) is 0 Å². The lowest BCUT2D eigenvalue weighted by Gasteiger charge is -2.13. The highest BCUT2D eigenvalue weighted by Gasteiger charge is 2.06. The van der Waals surface area contributed by atoms with Crippen molar-refractivity contribution in [3.63, 3.8) is 0 Å². The van der Waals surface area contributed by atoms with E-state index in [1.54, 1.807) is 6.20 Å². The monoisotopic (exact) mass is 288 g/mol. The Hall–Kier alpha value is -1.53. The minimum absolute atomic E-state index is 0.220. The maximum atomic E-state index is 5.30. The number of halogens is 1. The molecule has 1 N–H and O–H groups in total. The van der Waals surface area contributed by atoms with Crippen LogP contribution in [0.5, 0.6) is 0 Å². The van der Waals surface area contributed by atoms with Gasteiger partial charge in [-0.25, -0.2) is 4.98 Å². The number of fused-ring (bicyclic) bond motifs is 1. The van der Waals surface area contributed by atoms with Gasteiger partial charge in [0.15, 0.2) is 0 Å². The predicted molar refractivity (Wildman–Crippen MR) is 76.0 cm³/mol. The Kier molecular flexibility index (Phi) is 3.65. The number of pyridine rings is 1. The van der Waals surface area contributed by atoms with Gasteiger partial charge in [-0.1, -0.05) is 28.1 Å². The van der Waals surface area contributed by atoms with Crippen LogP contribution in [-0.4, -0.2) is 11.0 Å². The largest absolute Gasteiger partial charge is 0.366 e. The molecule has 1 aromatic carbocycles. The van der Waals surface area contributed by atoms with Gasteiger partial charge >= 0.3 is 0 Å². The first kappa shape index (κ1) is 11.9. The summed E-state index contributed by atoms with van der Waals surface area (Å²) in [6.07, 6.45) is 7.79. The minimum atomic E-state index is 0.220.